The summed E-state index contributed by atoms with van der Waals surface area (Å²) >= 11 is 0. The third-order valence-electron chi connectivity index (χ3n) is 19.5. The second-order valence-corrected chi connectivity index (χ2v) is 33.6. The first-order valence-corrected chi connectivity index (χ1v) is 45.4. The van der Waals surface area contributed by atoms with E-state index in [1.54, 1.807) is 0 Å². The molecule has 3 N–H and O–H groups in total. The number of carbonyl (C=O) groups is 4. The first-order chi connectivity index (χ1) is 48.8. The normalized spacial score (nSPS) is 14.2. The zero-order valence-corrected chi connectivity index (χ0v) is 68.2. The van der Waals surface area contributed by atoms with Crippen molar-refractivity contribution in [2.45, 2.75) is 446 Å². The minimum atomic E-state index is -4.96. The van der Waals surface area contributed by atoms with Crippen molar-refractivity contribution in [1.82, 2.24) is 0 Å². The number of aliphatic hydroxyl groups is 1. The molecule has 0 radical (unpaired) electrons. The molecule has 0 aliphatic carbocycles. The minimum absolute atomic E-state index is 0.106. The van der Waals surface area contributed by atoms with E-state index in [-0.39, 0.29) is 25.7 Å². The molecular weight excluding hydrogens is 1320 g/mol. The molecule has 19 heteroatoms. The molecule has 101 heavy (non-hydrogen) atoms. The van der Waals surface area contributed by atoms with Gasteiger partial charge in [0.25, 0.3) is 0 Å². The predicted molar refractivity (Wildman–Crippen MR) is 414 cm³/mol. The van der Waals surface area contributed by atoms with Crippen molar-refractivity contribution < 1.29 is 80.2 Å². The fourth-order valence-corrected chi connectivity index (χ4v) is 14.2. The third kappa shape index (κ3) is 74.7. The molecule has 0 saturated carbocycles. The van der Waals surface area contributed by atoms with Crippen molar-refractivity contribution in [3.63, 3.8) is 0 Å². The van der Waals surface area contributed by atoms with E-state index in [0.29, 0.717) is 25.7 Å². The maximum Gasteiger partial charge on any atom is 0.472 e. The van der Waals surface area contributed by atoms with Gasteiger partial charge in [0, 0.05) is 25.7 Å². The smallest absolute Gasteiger partial charge is 0.462 e. The zero-order chi connectivity index (χ0) is 74.4. The molecule has 6 atom stereocenters. The Morgan fingerprint density at radius 2 is 0.505 bits per heavy atom. The van der Waals surface area contributed by atoms with E-state index in [9.17, 15) is 43.2 Å². The molecule has 0 aromatic carbocycles. The Bertz CT molecular complexity index is 1960. The van der Waals surface area contributed by atoms with Crippen LogP contribution in [0.15, 0.2) is 0 Å². The van der Waals surface area contributed by atoms with E-state index in [1.807, 2.05) is 0 Å². The molecule has 0 aliphatic heterocycles. The number of phosphoric ester groups is 2. The van der Waals surface area contributed by atoms with Crippen LogP contribution in [0.4, 0.5) is 0 Å². The van der Waals surface area contributed by atoms with Crippen LogP contribution in [-0.2, 0) is 65.4 Å². The number of ether oxygens (including phenoxy) is 4. The quantitative estimate of drug-likeness (QED) is 0.0222. The van der Waals surface area contributed by atoms with Crippen LogP contribution in [0.3, 0.4) is 0 Å². The van der Waals surface area contributed by atoms with Gasteiger partial charge in [0.05, 0.1) is 26.4 Å². The third-order valence-corrected chi connectivity index (χ3v) is 21.4. The highest BCUT2D eigenvalue weighted by Crippen LogP contribution is 2.45. The van der Waals surface area contributed by atoms with E-state index < -0.39 is 97.5 Å². The molecule has 17 nitrogen and oxygen atoms in total. The molecule has 0 spiro atoms. The molecule has 0 rings (SSSR count). The number of unbranched alkanes of at least 4 members (excludes halogenated alkanes) is 47. The zero-order valence-electron chi connectivity index (χ0n) is 66.4. The van der Waals surface area contributed by atoms with E-state index >= 15 is 0 Å². The van der Waals surface area contributed by atoms with Crippen LogP contribution in [0, 0.1) is 17.8 Å². The largest absolute Gasteiger partial charge is 0.472 e. The highest BCUT2D eigenvalue weighted by atomic mass is 31.2. The highest BCUT2D eigenvalue weighted by Gasteiger charge is 2.30. The Kier molecular flexibility index (Phi) is 70.9. The van der Waals surface area contributed by atoms with Gasteiger partial charge in [-0.1, -0.05) is 376 Å². The summed E-state index contributed by atoms with van der Waals surface area (Å²) < 4.78 is 68.7. The van der Waals surface area contributed by atoms with Crippen molar-refractivity contribution in [2.75, 3.05) is 39.6 Å². The number of hydrogen-bond donors (Lipinski definition) is 3. The van der Waals surface area contributed by atoms with Crippen LogP contribution in [0.2, 0.25) is 0 Å². The molecule has 0 aromatic rings. The Morgan fingerprint density at radius 3 is 0.752 bits per heavy atom. The van der Waals surface area contributed by atoms with Gasteiger partial charge in [-0.15, -0.1) is 0 Å². The van der Waals surface area contributed by atoms with Crippen molar-refractivity contribution >= 4 is 39.5 Å². The Hall–Kier alpha value is -1.94. The van der Waals surface area contributed by atoms with Crippen LogP contribution in [0.5, 0.6) is 0 Å². The van der Waals surface area contributed by atoms with Gasteiger partial charge in [-0.05, 0) is 43.4 Å². The SMILES string of the molecule is CCCCCCCCCCCCCC(=O)O[C@H](COC(=O)CCCCCCCCC(C)CC)COP(=O)(O)OC[C@H](O)COP(=O)(O)OC[C@@H](COC(=O)CCCCCCCCCCCCCCCCCCC(C)C)OC(=O)CCCCCCCCCCCCCCCCCCCCC(C)C. The summed E-state index contributed by atoms with van der Waals surface area (Å²) in [5, 5.41) is 10.6. The fourth-order valence-electron chi connectivity index (χ4n) is 12.6. The van der Waals surface area contributed by atoms with Gasteiger partial charge >= 0.3 is 39.5 Å². The van der Waals surface area contributed by atoms with E-state index in [4.69, 9.17) is 37.0 Å². The first-order valence-electron chi connectivity index (χ1n) is 42.4. The summed E-state index contributed by atoms with van der Waals surface area (Å²) in [4.78, 5) is 73.0. The lowest BCUT2D eigenvalue weighted by Crippen LogP contribution is -2.30. The van der Waals surface area contributed by atoms with Gasteiger partial charge in [0.2, 0.25) is 0 Å². The second kappa shape index (κ2) is 72.3. The van der Waals surface area contributed by atoms with Gasteiger partial charge in [-0.3, -0.25) is 37.3 Å². The lowest BCUT2D eigenvalue weighted by atomic mass is 10.00. The van der Waals surface area contributed by atoms with Crippen molar-refractivity contribution in [2.24, 2.45) is 17.8 Å². The van der Waals surface area contributed by atoms with E-state index in [1.165, 1.54) is 231 Å². The van der Waals surface area contributed by atoms with Crippen molar-refractivity contribution in [1.29, 1.82) is 0 Å². The molecule has 0 saturated heterocycles. The topological polar surface area (TPSA) is 237 Å². The van der Waals surface area contributed by atoms with Crippen LogP contribution in [-0.4, -0.2) is 96.7 Å². The average Bonchev–Trinajstić information content (AvgIpc) is 0.946. The average molecular weight is 1480 g/mol. The molecule has 0 bridgehead atoms. The summed E-state index contributed by atoms with van der Waals surface area (Å²) in [6.07, 6.45) is 61.2. The molecule has 3 unspecified atom stereocenters. The molecule has 600 valence electrons. The number of esters is 4. The van der Waals surface area contributed by atoms with E-state index in [0.717, 1.165) is 114 Å². The monoisotopic (exact) mass is 1480 g/mol. The van der Waals surface area contributed by atoms with Gasteiger partial charge in [-0.2, -0.15) is 0 Å². The van der Waals surface area contributed by atoms with Crippen molar-refractivity contribution in [3.05, 3.63) is 0 Å². The van der Waals surface area contributed by atoms with E-state index in [2.05, 4.69) is 48.5 Å². The molecule has 0 fully saturated rings. The molecule has 0 heterocycles. The molecule has 0 amide bonds. The van der Waals surface area contributed by atoms with Gasteiger partial charge in [0.15, 0.2) is 12.2 Å². The molecule has 0 aliphatic rings. The number of carbonyl (C=O) groups excluding carboxylic acids is 4. The predicted octanol–water partition coefficient (Wildman–Crippen LogP) is 24.5. The van der Waals surface area contributed by atoms with Crippen LogP contribution < -0.4 is 0 Å². The van der Waals surface area contributed by atoms with Crippen LogP contribution in [0.1, 0.15) is 427 Å². The molecule has 0 aromatic heterocycles. The second-order valence-electron chi connectivity index (χ2n) is 30.7. The Labute approximate surface area is 619 Å². The summed E-state index contributed by atoms with van der Waals surface area (Å²) in [5.41, 5.74) is 0. The summed E-state index contributed by atoms with van der Waals surface area (Å²) in [5.74, 6) is 0.253. The summed E-state index contributed by atoms with van der Waals surface area (Å²) in [6.45, 7) is 12.0. The maximum absolute atomic E-state index is 13.1. The van der Waals surface area contributed by atoms with Crippen LogP contribution in [0.25, 0.3) is 0 Å². The van der Waals surface area contributed by atoms with Gasteiger partial charge < -0.3 is 33.8 Å². The number of aliphatic hydroxyl groups excluding tert-OH is 1. The number of phosphoric acid groups is 2. The lowest BCUT2D eigenvalue weighted by molar-refractivity contribution is -0.161. The minimum Gasteiger partial charge on any atom is -0.462 e. The number of rotatable bonds is 80. The lowest BCUT2D eigenvalue weighted by Gasteiger charge is -2.21. The number of hydrogen-bond acceptors (Lipinski definition) is 15. The van der Waals surface area contributed by atoms with Gasteiger partial charge in [-0.25, -0.2) is 9.13 Å². The molecular formula is C82H160O17P2. The maximum atomic E-state index is 13.1. The summed E-state index contributed by atoms with van der Waals surface area (Å²) in [7, 11) is -9.92. The van der Waals surface area contributed by atoms with Gasteiger partial charge in [0.1, 0.15) is 19.3 Å². The highest BCUT2D eigenvalue weighted by molar-refractivity contribution is 7.47. The first kappa shape index (κ1) is 99.1. The van der Waals surface area contributed by atoms with Crippen molar-refractivity contribution in [3.8, 4) is 0 Å². The Balaban J connectivity index is 5.20. The van der Waals surface area contributed by atoms with Crippen LogP contribution >= 0.6 is 15.6 Å². The fraction of sp³-hybridized carbons (Fsp3) is 0.951. The standard InChI is InChI=1S/C82H160O17P2/c1-8-10-11-12-13-14-29-37-42-51-58-65-81(86)99-78(70-93-80(85)64-57-50-45-44-48-55-62-75(7)9-2)72-97-101(90,91)95-68-76(83)67-94-100(88,89)96-71-77(69-92-79(84)63-56-49-41-36-32-27-23-20-19-22-26-31-35-40-47-54-61-74(5)6)98-82(87)66-59-52-43-38-33-28-24-18-16-15-17-21-25-30-34-39-46-53-60-73(3)4/h73-78,83H,8-72H2,1-7H3,(H,88,89)(H,90,91)/t75?,76-,77-,78-/m1/s1. The Morgan fingerprint density at radius 1 is 0.287 bits per heavy atom. The summed E-state index contributed by atoms with van der Waals surface area (Å²) in [6, 6.07) is 0.